The molecule has 0 aliphatic rings. The molecule has 35 heavy (non-hydrogen) atoms. The predicted molar refractivity (Wildman–Crippen MR) is 127 cm³/mol. The number of hydrogen-bond donors (Lipinski definition) is 1. The van der Waals surface area contributed by atoms with Gasteiger partial charge in [-0.3, -0.25) is 19.4 Å². The fourth-order valence-electron chi connectivity index (χ4n) is 3.64. The van der Waals surface area contributed by atoms with E-state index in [1.165, 1.54) is 47.4 Å². The van der Waals surface area contributed by atoms with Crippen LogP contribution in [0.2, 0.25) is 0 Å². The summed E-state index contributed by atoms with van der Waals surface area (Å²) in [5.41, 5.74) is 0.0758. The number of pyridine rings is 2. The first-order chi connectivity index (χ1) is 16.9. The number of ether oxygens (including phenoxy) is 1. The van der Waals surface area contributed by atoms with Crippen LogP contribution in [0.15, 0.2) is 78.0 Å². The van der Waals surface area contributed by atoms with Crippen molar-refractivity contribution in [2.45, 2.75) is 13.5 Å². The average Bonchev–Trinajstić information content (AvgIpc) is 2.86. The normalized spacial score (nSPS) is 10.7. The van der Waals surface area contributed by atoms with E-state index in [1.807, 2.05) is 0 Å². The number of ketones is 1. The van der Waals surface area contributed by atoms with E-state index in [0.29, 0.717) is 0 Å². The van der Waals surface area contributed by atoms with Gasteiger partial charge >= 0.3 is 5.97 Å². The van der Waals surface area contributed by atoms with E-state index >= 15 is 0 Å². The molecule has 4 aromatic rings. The number of esters is 1. The van der Waals surface area contributed by atoms with Crippen LogP contribution in [0.1, 0.15) is 33.2 Å². The van der Waals surface area contributed by atoms with Crippen molar-refractivity contribution in [3.05, 3.63) is 106 Å². The maximum atomic E-state index is 14.0. The van der Waals surface area contributed by atoms with Gasteiger partial charge in [-0.1, -0.05) is 12.1 Å². The fourth-order valence-corrected chi connectivity index (χ4v) is 3.64. The van der Waals surface area contributed by atoms with E-state index in [-0.39, 0.29) is 46.4 Å². The first kappa shape index (κ1) is 23.5. The predicted octanol–water partition coefficient (Wildman–Crippen LogP) is 3.58. The highest BCUT2D eigenvalue weighted by Crippen LogP contribution is 2.19. The summed E-state index contributed by atoms with van der Waals surface area (Å²) in [7, 11) is 0. The van der Waals surface area contributed by atoms with Crippen molar-refractivity contribution in [1.29, 1.82) is 0 Å². The van der Waals surface area contributed by atoms with Crippen LogP contribution < -0.4 is 10.7 Å². The van der Waals surface area contributed by atoms with Gasteiger partial charge in [0, 0.05) is 29.5 Å². The van der Waals surface area contributed by atoms with Crippen LogP contribution in [0.4, 0.5) is 10.1 Å². The van der Waals surface area contributed by atoms with E-state index in [1.54, 1.807) is 25.1 Å². The van der Waals surface area contributed by atoms with Crippen molar-refractivity contribution in [1.82, 2.24) is 9.55 Å². The van der Waals surface area contributed by atoms with Crippen molar-refractivity contribution in [3.8, 4) is 0 Å². The Morgan fingerprint density at radius 2 is 1.77 bits per heavy atom. The molecule has 0 bridgehead atoms. The lowest BCUT2D eigenvalue weighted by molar-refractivity contribution is -0.116. The number of rotatable bonds is 7. The van der Waals surface area contributed by atoms with Gasteiger partial charge in [-0.05, 0) is 49.4 Å². The van der Waals surface area contributed by atoms with Crippen molar-refractivity contribution in [3.63, 3.8) is 0 Å². The molecule has 0 saturated carbocycles. The van der Waals surface area contributed by atoms with Gasteiger partial charge in [0.1, 0.15) is 12.4 Å². The van der Waals surface area contributed by atoms with Crippen molar-refractivity contribution >= 4 is 34.3 Å². The molecule has 1 N–H and O–H groups in total. The van der Waals surface area contributed by atoms with Gasteiger partial charge in [0.2, 0.25) is 11.3 Å². The SMILES string of the molecule is CCOC(=O)c1ccccc1NC(=O)Cn1cc(C(=O)c2ccncc2)c(=O)c2cc(F)ccc21. The van der Waals surface area contributed by atoms with Crippen LogP contribution in [0.25, 0.3) is 10.9 Å². The van der Waals surface area contributed by atoms with Crippen LogP contribution in [-0.2, 0) is 16.1 Å². The van der Waals surface area contributed by atoms with Gasteiger partial charge < -0.3 is 14.6 Å². The largest absolute Gasteiger partial charge is 0.462 e. The Balaban J connectivity index is 1.73. The molecule has 0 aliphatic carbocycles. The lowest BCUT2D eigenvalue weighted by atomic mass is 10.0. The molecule has 0 atom stereocenters. The lowest BCUT2D eigenvalue weighted by Gasteiger charge is -2.15. The third kappa shape index (κ3) is 4.98. The number of hydrogen-bond acceptors (Lipinski definition) is 6. The van der Waals surface area contributed by atoms with Gasteiger partial charge in [-0.25, -0.2) is 9.18 Å². The molecule has 0 saturated heterocycles. The second-order valence-corrected chi connectivity index (χ2v) is 7.54. The first-order valence-electron chi connectivity index (χ1n) is 10.7. The zero-order valence-electron chi connectivity index (χ0n) is 18.7. The second kappa shape index (κ2) is 10.1. The number of anilines is 1. The van der Waals surface area contributed by atoms with Crippen LogP contribution in [-0.4, -0.2) is 33.8 Å². The van der Waals surface area contributed by atoms with Crippen molar-refractivity contribution < 1.29 is 23.5 Å². The lowest BCUT2D eigenvalue weighted by Crippen LogP contribution is -2.25. The Morgan fingerprint density at radius 1 is 1.03 bits per heavy atom. The third-order valence-corrected chi connectivity index (χ3v) is 5.24. The van der Waals surface area contributed by atoms with Crippen LogP contribution in [0, 0.1) is 5.82 Å². The minimum atomic E-state index is -0.650. The van der Waals surface area contributed by atoms with Gasteiger partial charge in [0.15, 0.2) is 5.78 Å². The molecule has 2 heterocycles. The number of aromatic nitrogens is 2. The Morgan fingerprint density at radius 3 is 2.51 bits per heavy atom. The summed E-state index contributed by atoms with van der Waals surface area (Å²) in [5, 5.41) is 2.63. The number of para-hydroxylation sites is 1. The smallest absolute Gasteiger partial charge is 0.340 e. The number of nitrogens with one attached hydrogen (secondary N) is 1. The second-order valence-electron chi connectivity index (χ2n) is 7.54. The van der Waals surface area contributed by atoms with E-state index in [0.717, 1.165) is 12.1 Å². The zero-order valence-corrected chi connectivity index (χ0v) is 18.7. The molecule has 0 fully saturated rings. The van der Waals surface area contributed by atoms with Crippen molar-refractivity contribution in [2.75, 3.05) is 11.9 Å². The quantitative estimate of drug-likeness (QED) is 0.325. The van der Waals surface area contributed by atoms with Gasteiger partial charge in [0.25, 0.3) is 0 Å². The number of carbonyl (C=O) groups excluding carboxylic acids is 3. The molecule has 0 radical (unpaired) electrons. The Hall–Kier alpha value is -4.66. The number of amides is 1. The molecule has 0 aliphatic heterocycles. The summed E-state index contributed by atoms with van der Waals surface area (Å²) in [6, 6.07) is 12.9. The van der Waals surface area contributed by atoms with E-state index < -0.39 is 28.9 Å². The zero-order chi connectivity index (χ0) is 24.9. The molecular weight excluding hydrogens is 453 g/mol. The van der Waals surface area contributed by atoms with Crippen molar-refractivity contribution in [2.24, 2.45) is 0 Å². The van der Waals surface area contributed by atoms with Crippen LogP contribution in [0.5, 0.6) is 0 Å². The molecule has 8 nitrogen and oxygen atoms in total. The van der Waals surface area contributed by atoms with E-state index in [9.17, 15) is 23.6 Å². The molecule has 0 unspecified atom stereocenters. The van der Waals surface area contributed by atoms with E-state index in [4.69, 9.17) is 4.74 Å². The third-order valence-electron chi connectivity index (χ3n) is 5.24. The monoisotopic (exact) mass is 473 g/mol. The number of carbonyl (C=O) groups is 3. The maximum absolute atomic E-state index is 14.0. The molecule has 4 rings (SSSR count). The number of fused-ring (bicyclic) bond motifs is 1. The first-order valence-corrected chi connectivity index (χ1v) is 10.7. The molecule has 0 spiro atoms. The Labute approximate surface area is 199 Å². The summed E-state index contributed by atoms with van der Waals surface area (Å²) in [4.78, 5) is 55.1. The van der Waals surface area contributed by atoms with Crippen LogP contribution >= 0.6 is 0 Å². The van der Waals surface area contributed by atoms with Crippen LogP contribution in [0.3, 0.4) is 0 Å². The number of halogens is 1. The Kier molecular flexibility index (Phi) is 6.77. The summed E-state index contributed by atoms with van der Waals surface area (Å²) < 4.78 is 20.4. The minimum absolute atomic E-state index is 0.0374. The van der Waals surface area contributed by atoms with Gasteiger partial charge in [-0.2, -0.15) is 0 Å². The van der Waals surface area contributed by atoms with Gasteiger partial charge in [-0.15, -0.1) is 0 Å². The van der Waals surface area contributed by atoms with Gasteiger partial charge in [0.05, 0.1) is 28.9 Å². The molecule has 2 aromatic carbocycles. The fraction of sp³-hybridized carbons (Fsp3) is 0.115. The highest BCUT2D eigenvalue weighted by molar-refractivity contribution is 6.10. The van der Waals surface area contributed by atoms with E-state index in [2.05, 4.69) is 10.3 Å². The summed E-state index contributed by atoms with van der Waals surface area (Å²) >= 11 is 0. The topological polar surface area (TPSA) is 107 Å². The highest BCUT2D eigenvalue weighted by Gasteiger charge is 2.19. The standard InChI is InChI=1S/C26H20FN3O5/c1-2-35-26(34)18-5-3-4-6-21(18)29-23(31)15-30-14-20(24(32)16-9-11-28-12-10-16)25(33)19-13-17(27)7-8-22(19)30/h3-14H,2,15H2,1H3,(H,29,31). The summed E-state index contributed by atoms with van der Waals surface area (Å²) in [5.74, 6) is -2.34. The summed E-state index contributed by atoms with van der Waals surface area (Å²) in [6.45, 7) is 1.54. The molecule has 1 amide bonds. The summed E-state index contributed by atoms with van der Waals surface area (Å²) in [6.07, 6.45) is 4.12. The maximum Gasteiger partial charge on any atom is 0.340 e. The number of nitrogens with zero attached hydrogens (tertiary/aromatic N) is 2. The molecule has 9 heteroatoms. The minimum Gasteiger partial charge on any atom is -0.462 e. The Bertz CT molecular complexity index is 1500. The average molecular weight is 473 g/mol. The molecule has 176 valence electrons. The molecule has 2 aromatic heterocycles. The molecular formula is C26H20FN3O5. The highest BCUT2D eigenvalue weighted by atomic mass is 19.1. The number of benzene rings is 2.